The third-order valence-corrected chi connectivity index (χ3v) is 6.47. The summed E-state index contributed by atoms with van der Waals surface area (Å²) >= 11 is 1.43. The van der Waals surface area contributed by atoms with Gasteiger partial charge in [-0.25, -0.2) is 9.80 Å². The molecular weight excluding hydrogens is 324 g/mol. The SMILES string of the molecule is CC1CCC(C(=O)N2c3cc(C(C)(C)C)sc3C(=O)ON2C)CC1. The smallest absolute Gasteiger partial charge is 0.342 e. The lowest BCUT2D eigenvalue weighted by Crippen LogP contribution is -2.51. The Morgan fingerprint density at radius 3 is 2.46 bits per heavy atom. The molecule has 0 unspecified atom stereocenters. The normalized spacial score (nSPS) is 25.4. The highest BCUT2D eigenvalue weighted by Crippen LogP contribution is 2.41. The Labute approximate surface area is 147 Å². The summed E-state index contributed by atoms with van der Waals surface area (Å²) in [6, 6.07) is 1.97. The molecule has 1 saturated carbocycles. The van der Waals surface area contributed by atoms with Crippen LogP contribution in [0.2, 0.25) is 0 Å². The monoisotopic (exact) mass is 350 g/mol. The molecule has 0 atom stereocenters. The van der Waals surface area contributed by atoms with Gasteiger partial charge in [-0.2, -0.15) is 0 Å². The average molecular weight is 350 g/mol. The number of carbonyl (C=O) groups is 2. The average Bonchev–Trinajstić information content (AvgIpc) is 2.93. The number of hydrogen-bond acceptors (Lipinski definition) is 5. The zero-order valence-electron chi connectivity index (χ0n) is 15.1. The lowest BCUT2D eigenvalue weighted by molar-refractivity contribution is -0.144. The van der Waals surface area contributed by atoms with Gasteiger partial charge in [0, 0.05) is 17.8 Å². The van der Waals surface area contributed by atoms with Crippen molar-refractivity contribution in [3.05, 3.63) is 15.8 Å². The molecule has 0 saturated heterocycles. The van der Waals surface area contributed by atoms with E-state index < -0.39 is 0 Å². The molecule has 1 aliphatic heterocycles. The van der Waals surface area contributed by atoms with Gasteiger partial charge in [-0.1, -0.05) is 27.7 Å². The van der Waals surface area contributed by atoms with Crippen molar-refractivity contribution in [2.45, 2.75) is 58.8 Å². The number of rotatable bonds is 1. The van der Waals surface area contributed by atoms with Gasteiger partial charge in [-0.15, -0.1) is 11.3 Å². The Kier molecular flexibility index (Phi) is 4.47. The van der Waals surface area contributed by atoms with Gasteiger partial charge in [0.2, 0.25) is 5.91 Å². The van der Waals surface area contributed by atoms with Crippen molar-refractivity contribution in [1.82, 2.24) is 5.17 Å². The van der Waals surface area contributed by atoms with Crippen LogP contribution >= 0.6 is 11.3 Å². The molecular formula is C18H26N2O3S. The maximum Gasteiger partial charge on any atom is 0.371 e. The molecule has 0 spiro atoms. The number of amides is 1. The summed E-state index contributed by atoms with van der Waals surface area (Å²) in [5.74, 6) is 0.354. The molecule has 3 rings (SSSR count). The zero-order chi connectivity index (χ0) is 17.6. The quantitative estimate of drug-likeness (QED) is 0.764. The topological polar surface area (TPSA) is 49.9 Å². The van der Waals surface area contributed by atoms with Crippen molar-refractivity contribution in [3.63, 3.8) is 0 Å². The maximum absolute atomic E-state index is 13.1. The van der Waals surface area contributed by atoms with E-state index in [1.165, 1.54) is 16.5 Å². The van der Waals surface area contributed by atoms with E-state index in [0.29, 0.717) is 16.5 Å². The van der Waals surface area contributed by atoms with Crippen LogP contribution in [0.5, 0.6) is 0 Å². The fraction of sp³-hybridized carbons (Fsp3) is 0.667. The van der Waals surface area contributed by atoms with Gasteiger partial charge in [-0.05, 0) is 48.3 Å². The standard InChI is InChI=1S/C18H26N2O3S/c1-11-6-8-12(9-7-11)16(21)20-13-10-14(18(2,3)4)24-15(13)17(22)23-19(20)5/h10-12H,6-9H2,1-5H3. The summed E-state index contributed by atoms with van der Waals surface area (Å²) in [7, 11) is 1.62. The highest BCUT2D eigenvalue weighted by Gasteiger charge is 2.40. The fourth-order valence-electron chi connectivity index (χ4n) is 3.35. The van der Waals surface area contributed by atoms with E-state index in [9.17, 15) is 9.59 Å². The van der Waals surface area contributed by atoms with Crippen LogP contribution in [-0.2, 0) is 15.0 Å². The Morgan fingerprint density at radius 1 is 1.25 bits per heavy atom. The zero-order valence-corrected chi connectivity index (χ0v) is 15.9. The van der Waals surface area contributed by atoms with Crippen LogP contribution in [0.25, 0.3) is 0 Å². The van der Waals surface area contributed by atoms with Crippen LogP contribution in [0.1, 0.15) is 67.9 Å². The number of fused-ring (bicyclic) bond motifs is 1. The number of hydroxylamine groups is 1. The van der Waals surface area contributed by atoms with Crippen molar-refractivity contribution in [3.8, 4) is 0 Å². The predicted molar refractivity (Wildman–Crippen MR) is 94.8 cm³/mol. The molecule has 0 N–H and O–H groups in total. The molecule has 0 bridgehead atoms. The number of thiophene rings is 1. The summed E-state index contributed by atoms with van der Waals surface area (Å²) in [6.07, 6.45) is 3.97. The molecule has 2 heterocycles. The van der Waals surface area contributed by atoms with E-state index >= 15 is 0 Å². The van der Waals surface area contributed by atoms with Crippen molar-refractivity contribution in [2.75, 3.05) is 12.1 Å². The third-order valence-electron chi connectivity index (χ3n) is 4.94. The lowest BCUT2D eigenvalue weighted by Gasteiger charge is -2.36. The number of nitrogens with zero attached hydrogens (tertiary/aromatic N) is 2. The summed E-state index contributed by atoms with van der Waals surface area (Å²) < 4.78 is 0. The molecule has 1 fully saturated rings. The maximum atomic E-state index is 13.1. The molecule has 2 aliphatic rings. The highest BCUT2D eigenvalue weighted by molar-refractivity contribution is 7.14. The summed E-state index contributed by atoms with van der Waals surface area (Å²) in [6.45, 7) is 8.55. The third kappa shape index (κ3) is 3.09. The molecule has 6 heteroatoms. The fourth-order valence-corrected chi connectivity index (χ4v) is 4.41. The van der Waals surface area contributed by atoms with Crippen LogP contribution in [0.15, 0.2) is 6.07 Å². The molecule has 1 aromatic heterocycles. The van der Waals surface area contributed by atoms with Crippen LogP contribution in [0.4, 0.5) is 5.69 Å². The number of anilines is 1. The number of carbonyl (C=O) groups excluding carboxylic acids is 2. The minimum absolute atomic E-state index is 0.00582. The Bertz CT molecular complexity index is 654. The molecule has 132 valence electrons. The van der Waals surface area contributed by atoms with Crippen LogP contribution in [0.3, 0.4) is 0 Å². The minimum atomic E-state index is -0.380. The van der Waals surface area contributed by atoms with Crippen molar-refractivity contribution in [1.29, 1.82) is 0 Å². The van der Waals surface area contributed by atoms with E-state index in [2.05, 4.69) is 27.7 Å². The number of hydrogen-bond donors (Lipinski definition) is 0. The van der Waals surface area contributed by atoms with Gasteiger partial charge in [-0.3, -0.25) is 4.79 Å². The molecule has 0 aromatic carbocycles. The second-order valence-corrected chi connectivity index (χ2v) is 9.08. The van der Waals surface area contributed by atoms with Crippen molar-refractivity contribution < 1.29 is 14.4 Å². The van der Waals surface area contributed by atoms with Gasteiger partial charge >= 0.3 is 5.97 Å². The van der Waals surface area contributed by atoms with E-state index in [4.69, 9.17) is 4.84 Å². The van der Waals surface area contributed by atoms with Gasteiger partial charge in [0.05, 0.1) is 5.69 Å². The Morgan fingerprint density at radius 2 is 1.88 bits per heavy atom. The second-order valence-electron chi connectivity index (χ2n) is 8.02. The van der Waals surface area contributed by atoms with E-state index in [0.717, 1.165) is 30.6 Å². The number of hydrazine groups is 1. The highest BCUT2D eigenvalue weighted by atomic mass is 32.1. The van der Waals surface area contributed by atoms with E-state index in [-0.39, 0.29) is 23.2 Å². The molecule has 0 radical (unpaired) electrons. The summed E-state index contributed by atoms with van der Waals surface area (Å²) in [5, 5.41) is 2.85. The van der Waals surface area contributed by atoms with Gasteiger partial charge in [0.15, 0.2) is 0 Å². The van der Waals surface area contributed by atoms with Crippen LogP contribution in [-0.4, -0.2) is 24.1 Å². The largest absolute Gasteiger partial charge is 0.371 e. The Balaban J connectivity index is 1.94. The van der Waals surface area contributed by atoms with E-state index in [1.807, 2.05) is 6.07 Å². The molecule has 1 aromatic rings. The predicted octanol–water partition coefficient (Wildman–Crippen LogP) is 4.14. The first-order chi connectivity index (χ1) is 11.2. The first kappa shape index (κ1) is 17.4. The van der Waals surface area contributed by atoms with Crippen molar-refractivity contribution in [2.24, 2.45) is 11.8 Å². The lowest BCUT2D eigenvalue weighted by atomic mass is 9.82. The van der Waals surface area contributed by atoms with Crippen LogP contribution < -0.4 is 5.01 Å². The van der Waals surface area contributed by atoms with Crippen LogP contribution in [0, 0.1) is 11.8 Å². The Hall–Kier alpha value is -1.40. The van der Waals surface area contributed by atoms with E-state index in [1.54, 1.807) is 12.1 Å². The first-order valence-corrected chi connectivity index (χ1v) is 9.44. The molecule has 1 aliphatic carbocycles. The summed E-state index contributed by atoms with van der Waals surface area (Å²) in [5.41, 5.74) is 0.600. The summed E-state index contributed by atoms with van der Waals surface area (Å²) in [4.78, 5) is 32.2. The minimum Gasteiger partial charge on any atom is -0.342 e. The second kappa shape index (κ2) is 6.15. The van der Waals surface area contributed by atoms with Gasteiger partial charge < -0.3 is 4.84 Å². The van der Waals surface area contributed by atoms with Gasteiger partial charge in [0.25, 0.3) is 0 Å². The van der Waals surface area contributed by atoms with Gasteiger partial charge in [0.1, 0.15) is 4.88 Å². The van der Waals surface area contributed by atoms with Crippen molar-refractivity contribution >= 4 is 28.9 Å². The first-order valence-electron chi connectivity index (χ1n) is 8.62. The molecule has 5 nitrogen and oxygen atoms in total. The molecule has 24 heavy (non-hydrogen) atoms. The molecule has 1 amide bonds.